The molecule has 4 rings (SSSR count). The number of likely N-dealkylation sites (tertiary alicyclic amines) is 1. The fourth-order valence-electron chi connectivity index (χ4n) is 4.79. The molecule has 2 aromatic rings. The summed E-state index contributed by atoms with van der Waals surface area (Å²) < 4.78 is 6.13. The summed E-state index contributed by atoms with van der Waals surface area (Å²) >= 11 is 3.58. The first kappa shape index (κ1) is 19.9. The van der Waals surface area contributed by atoms with E-state index in [-0.39, 0.29) is 17.9 Å². The van der Waals surface area contributed by atoms with Gasteiger partial charge in [0.05, 0.1) is 7.11 Å². The van der Waals surface area contributed by atoms with Crippen LogP contribution in [-0.4, -0.2) is 29.9 Å². The summed E-state index contributed by atoms with van der Waals surface area (Å²) in [6.07, 6.45) is 6.24. The Labute approximate surface area is 179 Å². The highest BCUT2D eigenvalue weighted by atomic mass is 79.9. The summed E-state index contributed by atoms with van der Waals surface area (Å²) in [5.41, 5.74) is 0.760. The average Bonchev–Trinajstić information content (AvgIpc) is 2.99. The van der Waals surface area contributed by atoms with E-state index in [1.165, 1.54) is 7.11 Å². The highest BCUT2D eigenvalue weighted by Gasteiger charge is 2.63. The van der Waals surface area contributed by atoms with Gasteiger partial charge in [-0.05, 0) is 36.5 Å². The number of halogens is 1. The van der Waals surface area contributed by atoms with Crippen molar-refractivity contribution in [2.24, 2.45) is 11.3 Å². The Hall–Kier alpha value is -2.40. The molecule has 0 saturated carbocycles. The number of carbonyl (C=O) groups is 2. The van der Waals surface area contributed by atoms with E-state index in [1.54, 1.807) is 0 Å². The van der Waals surface area contributed by atoms with Crippen LogP contribution < -0.4 is 0 Å². The molecule has 1 amide bonds. The number of carbonyl (C=O) groups excluding carboxylic acids is 2. The summed E-state index contributed by atoms with van der Waals surface area (Å²) in [5, 5.41) is 0. The Morgan fingerprint density at radius 3 is 2.62 bits per heavy atom. The third kappa shape index (κ3) is 3.42. The van der Waals surface area contributed by atoms with Gasteiger partial charge in [-0.3, -0.25) is 9.59 Å². The molecule has 150 valence electrons. The molecule has 1 aliphatic heterocycles. The molecule has 0 radical (unpaired) electrons. The van der Waals surface area contributed by atoms with E-state index in [0.717, 1.165) is 28.4 Å². The maximum atomic E-state index is 13.9. The highest BCUT2D eigenvalue weighted by molar-refractivity contribution is 9.10. The lowest BCUT2D eigenvalue weighted by Gasteiger charge is -2.32. The highest BCUT2D eigenvalue weighted by Crippen LogP contribution is 2.50. The fraction of sp³-hybridized carbons (Fsp3) is 0.333. The number of amides is 1. The molecule has 29 heavy (non-hydrogen) atoms. The molecule has 1 fully saturated rings. The third-order valence-electron chi connectivity index (χ3n) is 6.17. The summed E-state index contributed by atoms with van der Waals surface area (Å²) in [4.78, 5) is 29.0. The zero-order valence-corrected chi connectivity index (χ0v) is 18.0. The Morgan fingerprint density at radius 1 is 1.17 bits per heavy atom. The van der Waals surface area contributed by atoms with Crippen molar-refractivity contribution in [2.75, 3.05) is 7.11 Å². The van der Waals surface area contributed by atoms with Gasteiger partial charge in [0.15, 0.2) is 5.41 Å². The molecular formula is C24H24BrNO3. The SMILES string of the molecule is COC(=O)[C@@]1(Cc2ccccc2Br)C(=O)N(Cc2ccccc2)[C@H]2CCC=C[C@H]21. The number of allylic oxidation sites excluding steroid dienone is 1. The lowest BCUT2D eigenvalue weighted by molar-refractivity contribution is -0.160. The van der Waals surface area contributed by atoms with Crippen molar-refractivity contribution >= 4 is 27.8 Å². The number of benzene rings is 2. The molecular weight excluding hydrogens is 430 g/mol. The Kier molecular flexibility index (Phi) is 5.59. The van der Waals surface area contributed by atoms with E-state index < -0.39 is 11.4 Å². The number of esters is 1. The molecule has 1 saturated heterocycles. The molecule has 0 N–H and O–H groups in total. The second-order valence-corrected chi connectivity index (χ2v) is 8.60. The fourth-order valence-corrected chi connectivity index (χ4v) is 5.22. The van der Waals surface area contributed by atoms with Gasteiger partial charge in [0, 0.05) is 23.0 Å². The summed E-state index contributed by atoms with van der Waals surface area (Å²) in [6, 6.07) is 17.7. The van der Waals surface area contributed by atoms with Crippen molar-refractivity contribution in [1.82, 2.24) is 4.90 Å². The number of hydrogen-bond acceptors (Lipinski definition) is 3. The third-order valence-corrected chi connectivity index (χ3v) is 6.95. The summed E-state index contributed by atoms with van der Waals surface area (Å²) in [6.45, 7) is 0.503. The predicted octanol–water partition coefficient (Wildman–Crippen LogP) is 4.53. The van der Waals surface area contributed by atoms with E-state index in [2.05, 4.69) is 28.1 Å². The minimum atomic E-state index is -1.24. The van der Waals surface area contributed by atoms with Crippen LogP contribution in [0.3, 0.4) is 0 Å². The monoisotopic (exact) mass is 453 g/mol. The van der Waals surface area contributed by atoms with Crippen LogP contribution in [0.1, 0.15) is 24.0 Å². The molecule has 2 aromatic carbocycles. The number of rotatable bonds is 5. The van der Waals surface area contributed by atoms with E-state index >= 15 is 0 Å². The minimum Gasteiger partial charge on any atom is -0.468 e. The first-order valence-corrected chi connectivity index (χ1v) is 10.7. The summed E-state index contributed by atoms with van der Waals surface area (Å²) in [7, 11) is 1.37. The topological polar surface area (TPSA) is 46.6 Å². The maximum absolute atomic E-state index is 13.9. The second-order valence-electron chi connectivity index (χ2n) is 7.75. The molecule has 4 nitrogen and oxygen atoms in total. The molecule has 0 spiro atoms. The van der Waals surface area contributed by atoms with Crippen molar-refractivity contribution < 1.29 is 14.3 Å². The van der Waals surface area contributed by atoms with Crippen molar-refractivity contribution in [2.45, 2.75) is 31.8 Å². The molecule has 0 unspecified atom stereocenters. The van der Waals surface area contributed by atoms with E-state index in [4.69, 9.17) is 4.74 Å². The van der Waals surface area contributed by atoms with Crippen molar-refractivity contribution in [1.29, 1.82) is 0 Å². The number of hydrogen-bond donors (Lipinski definition) is 0. The Bertz CT molecular complexity index is 942. The smallest absolute Gasteiger partial charge is 0.322 e. The van der Waals surface area contributed by atoms with Gasteiger partial charge < -0.3 is 9.64 Å². The van der Waals surface area contributed by atoms with Crippen LogP contribution in [0.4, 0.5) is 0 Å². The van der Waals surface area contributed by atoms with Crippen LogP contribution in [0.2, 0.25) is 0 Å². The maximum Gasteiger partial charge on any atom is 0.322 e. The molecule has 3 atom stereocenters. The molecule has 1 heterocycles. The largest absolute Gasteiger partial charge is 0.468 e. The van der Waals surface area contributed by atoms with Gasteiger partial charge in [-0.25, -0.2) is 0 Å². The van der Waals surface area contributed by atoms with E-state index in [1.807, 2.05) is 59.5 Å². The first-order valence-electron chi connectivity index (χ1n) is 9.91. The van der Waals surface area contributed by atoms with Crippen LogP contribution in [-0.2, 0) is 27.3 Å². The van der Waals surface area contributed by atoms with Crippen LogP contribution in [0, 0.1) is 11.3 Å². The minimum absolute atomic E-state index is 0.00528. The van der Waals surface area contributed by atoms with Gasteiger partial charge >= 0.3 is 5.97 Å². The Balaban J connectivity index is 1.79. The second kappa shape index (κ2) is 8.15. The van der Waals surface area contributed by atoms with Gasteiger partial charge in [-0.1, -0.05) is 76.6 Å². The molecule has 0 bridgehead atoms. The number of ether oxygens (including phenoxy) is 1. The van der Waals surface area contributed by atoms with Gasteiger partial charge in [0.1, 0.15) is 0 Å². The number of methoxy groups -OCH3 is 1. The lowest BCUT2D eigenvalue weighted by Crippen LogP contribution is -2.46. The predicted molar refractivity (Wildman–Crippen MR) is 115 cm³/mol. The molecule has 0 aromatic heterocycles. The van der Waals surface area contributed by atoms with Crippen molar-refractivity contribution in [3.05, 3.63) is 82.3 Å². The number of fused-ring (bicyclic) bond motifs is 1. The van der Waals surface area contributed by atoms with E-state index in [9.17, 15) is 9.59 Å². The summed E-state index contributed by atoms with van der Waals surface area (Å²) in [5.74, 6) is -0.784. The quantitative estimate of drug-likeness (QED) is 0.379. The van der Waals surface area contributed by atoms with Crippen LogP contribution >= 0.6 is 15.9 Å². The molecule has 5 heteroatoms. The Morgan fingerprint density at radius 2 is 1.90 bits per heavy atom. The van der Waals surface area contributed by atoms with Crippen LogP contribution in [0.25, 0.3) is 0 Å². The first-order chi connectivity index (χ1) is 14.1. The standard InChI is InChI=1S/C24H24BrNO3/c1-29-23(28)24(15-18-11-5-7-13-20(18)25)19-12-6-8-14-21(19)26(22(24)27)16-17-9-3-2-4-10-17/h2-7,9-13,19,21H,8,14-16H2,1H3/t19-,21+,24-/m1/s1. The molecule has 2 aliphatic rings. The number of nitrogens with zero attached hydrogens (tertiary/aromatic N) is 1. The molecule has 1 aliphatic carbocycles. The van der Waals surface area contributed by atoms with Crippen LogP contribution in [0.15, 0.2) is 71.2 Å². The van der Waals surface area contributed by atoms with Gasteiger partial charge in [0.2, 0.25) is 5.91 Å². The van der Waals surface area contributed by atoms with Crippen LogP contribution in [0.5, 0.6) is 0 Å². The zero-order chi connectivity index (χ0) is 20.4. The zero-order valence-electron chi connectivity index (χ0n) is 16.4. The van der Waals surface area contributed by atoms with Crippen molar-refractivity contribution in [3.8, 4) is 0 Å². The van der Waals surface area contributed by atoms with Crippen molar-refractivity contribution in [3.63, 3.8) is 0 Å². The van der Waals surface area contributed by atoms with E-state index in [0.29, 0.717) is 13.0 Å². The van der Waals surface area contributed by atoms with Gasteiger partial charge in [0.25, 0.3) is 0 Å². The van der Waals surface area contributed by atoms with Gasteiger partial charge in [-0.15, -0.1) is 0 Å². The average molecular weight is 454 g/mol. The lowest BCUT2D eigenvalue weighted by atomic mass is 9.69. The normalized spacial score (nSPS) is 25.7. The van der Waals surface area contributed by atoms with Gasteiger partial charge in [-0.2, -0.15) is 0 Å².